The van der Waals surface area contributed by atoms with E-state index in [1.807, 2.05) is 0 Å². The first-order valence-electron chi connectivity index (χ1n) is 4.82. The van der Waals surface area contributed by atoms with Crippen LogP contribution >= 0.6 is 24.8 Å². The number of amides is 1. The van der Waals surface area contributed by atoms with Gasteiger partial charge in [-0.3, -0.25) is 9.78 Å². The van der Waals surface area contributed by atoms with Crippen LogP contribution in [0.3, 0.4) is 0 Å². The standard InChI is InChI=1S/C10H12FN3O.2ClH/c11-8-3-7(4-13-5-8)10(15)14-2-1-9(12)6-14;;/h3-5,9H,1-2,6,12H2;2*1H/t9-;;/m1../s1. The molecule has 1 aliphatic heterocycles. The largest absolute Gasteiger partial charge is 0.337 e. The molecule has 1 fully saturated rings. The molecular weight excluding hydrogens is 268 g/mol. The summed E-state index contributed by atoms with van der Waals surface area (Å²) in [6, 6.07) is 1.23. The number of nitrogens with zero attached hydrogens (tertiary/aromatic N) is 2. The van der Waals surface area contributed by atoms with E-state index in [9.17, 15) is 9.18 Å². The predicted octanol–water partition coefficient (Wildman–Crippen LogP) is 1.24. The Labute approximate surface area is 111 Å². The predicted molar refractivity (Wildman–Crippen MR) is 67.2 cm³/mol. The lowest BCUT2D eigenvalue weighted by atomic mass is 10.2. The van der Waals surface area contributed by atoms with Gasteiger partial charge in [-0.05, 0) is 12.5 Å². The van der Waals surface area contributed by atoms with Crippen LogP contribution in [0.4, 0.5) is 4.39 Å². The highest BCUT2D eigenvalue weighted by molar-refractivity contribution is 5.94. The van der Waals surface area contributed by atoms with Crippen molar-refractivity contribution in [2.75, 3.05) is 13.1 Å². The molecule has 2 rings (SSSR count). The molecule has 0 saturated carbocycles. The van der Waals surface area contributed by atoms with E-state index in [4.69, 9.17) is 5.73 Å². The van der Waals surface area contributed by atoms with Crippen LogP contribution in [-0.2, 0) is 0 Å². The lowest BCUT2D eigenvalue weighted by Crippen LogP contribution is -2.31. The third-order valence-electron chi connectivity index (χ3n) is 2.46. The number of carbonyl (C=O) groups excluding carboxylic acids is 1. The van der Waals surface area contributed by atoms with Gasteiger partial charge in [0.1, 0.15) is 5.82 Å². The maximum Gasteiger partial charge on any atom is 0.255 e. The first kappa shape index (κ1) is 16.1. The van der Waals surface area contributed by atoms with Gasteiger partial charge < -0.3 is 10.6 Å². The Morgan fingerprint density at radius 2 is 2.18 bits per heavy atom. The van der Waals surface area contributed by atoms with Crippen molar-refractivity contribution in [3.8, 4) is 0 Å². The summed E-state index contributed by atoms with van der Waals surface area (Å²) in [4.78, 5) is 17.1. The summed E-state index contributed by atoms with van der Waals surface area (Å²) in [6.45, 7) is 1.17. The van der Waals surface area contributed by atoms with Gasteiger partial charge in [0.05, 0.1) is 11.8 Å². The van der Waals surface area contributed by atoms with Crippen molar-refractivity contribution in [2.24, 2.45) is 5.73 Å². The van der Waals surface area contributed by atoms with E-state index < -0.39 is 5.82 Å². The fourth-order valence-corrected chi connectivity index (χ4v) is 1.68. The van der Waals surface area contributed by atoms with Gasteiger partial charge in [0, 0.05) is 25.3 Å². The number of hydrogen-bond donors (Lipinski definition) is 1. The van der Waals surface area contributed by atoms with Crippen LogP contribution < -0.4 is 5.73 Å². The van der Waals surface area contributed by atoms with E-state index in [0.29, 0.717) is 13.1 Å². The average Bonchev–Trinajstić information content (AvgIpc) is 2.64. The number of aromatic nitrogens is 1. The van der Waals surface area contributed by atoms with Crippen molar-refractivity contribution in [1.29, 1.82) is 0 Å². The van der Waals surface area contributed by atoms with Gasteiger partial charge in [-0.25, -0.2) is 4.39 Å². The number of rotatable bonds is 1. The minimum Gasteiger partial charge on any atom is -0.337 e. The van der Waals surface area contributed by atoms with Crippen LogP contribution in [-0.4, -0.2) is 34.9 Å². The monoisotopic (exact) mass is 281 g/mol. The van der Waals surface area contributed by atoms with Crippen molar-refractivity contribution in [2.45, 2.75) is 12.5 Å². The van der Waals surface area contributed by atoms with Crippen molar-refractivity contribution >= 4 is 30.7 Å². The SMILES string of the molecule is Cl.Cl.N[C@@H]1CCN(C(=O)c2cncc(F)c2)C1. The zero-order chi connectivity index (χ0) is 10.8. The van der Waals surface area contributed by atoms with Gasteiger partial charge in [-0.2, -0.15) is 0 Å². The van der Waals surface area contributed by atoms with Crippen LogP contribution in [0.15, 0.2) is 18.5 Å². The summed E-state index contributed by atoms with van der Waals surface area (Å²) >= 11 is 0. The average molecular weight is 282 g/mol. The summed E-state index contributed by atoms with van der Waals surface area (Å²) in [7, 11) is 0. The molecule has 0 bridgehead atoms. The van der Waals surface area contributed by atoms with Crippen LogP contribution in [0.1, 0.15) is 16.8 Å². The van der Waals surface area contributed by atoms with E-state index in [-0.39, 0.29) is 42.3 Å². The van der Waals surface area contributed by atoms with E-state index in [0.717, 1.165) is 12.6 Å². The molecule has 0 aliphatic carbocycles. The molecule has 0 unspecified atom stereocenters. The fourth-order valence-electron chi connectivity index (χ4n) is 1.68. The van der Waals surface area contributed by atoms with Gasteiger partial charge in [0.25, 0.3) is 5.91 Å². The van der Waals surface area contributed by atoms with Gasteiger partial charge in [-0.1, -0.05) is 0 Å². The van der Waals surface area contributed by atoms with E-state index in [1.165, 1.54) is 12.3 Å². The highest BCUT2D eigenvalue weighted by Crippen LogP contribution is 2.12. The second kappa shape index (κ2) is 6.74. The molecule has 1 aromatic heterocycles. The summed E-state index contributed by atoms with van der Waals surface area (Å²) in [5.74, 6) is -0.695. The number of likely N-dealkylation sites (tertiary alicyclic amines) is 1. The van der Waals surface area contributed by atoms with Crippen LogP contribution in [0, 0.1) is 5.82 Å². The van der Waals surface area contributed by atoms with E-state index in [2.05, 4.69) is 4.98 Å². The number of nitrogens with two attached hydrogens (primary N) is 1. The summed E-state index contributed by atoms with van der Waals surface area (Å²) in [5, 5.41) is 0. The lowest BCUT2D eigenvalue weighted by Gasteiger charge is -2.15. The van der Waals surface area contributed by atoms with Gasteiger partial charge in [0.2, 0.25) is 0 Å². The topological polar surface area (TPSA) is 59.2 Å². The molecule has 2 N–H and O–H groups in total. The highest BCUT2D eigenvalue weighted by atomic mass is 35.5. The molecule has 0 aromatic carbocycles. The fraction of sp³-hybridized carbons (Fsp3) is 0.400. The first-order valence-corrected chi connectivity index (χ1v) is 4.82. The molecule has 0 spiro atoms. The Balaban J connectivity index is 0.00000128. The summed E-state index contributed by atoms with van der Waals surface area (Å²) < 4.78 is 12.8. The molecule has 1 aromatic rings. The molecule has 1 aliphatic rings. The maximum atomic E-state index is 12.8. The molecule has 96 valence electrons. The molecule has 1 atom stereocenters. The minimum absolute atomic E-state index is 0. The molecule has 4 nitrogen and oxygen atoms in total. The number of carbonyl (C=O) groups is 1. The van der Waals surface area contributed by atoms with Crippen molar-refractivity contribution in [3.63, 3.8) is 0 Å². The number of hydrogen-bond acceptors (Lipinski definition) is 3. The third-order valence-corrected chi connectivity index (χ3v) is 2.46. The Bertz CT molecular complexity index is 392. The Morgan fingerprint density at radius 3 is 2.71 bits per heavy atom. The smallest absolute Gasteiger partial charge is 0.255 e. The number of halogens is 3. The summed E-state index contributed by atoms with van der Waals surface area (Å²) in [6.07, 6.45) is 3.25. The third kappa shape index (κ3) is 3.80. The Morgan fingerprint density at radius 1 is 1.47 bits per heavy atom. The maximum absolute atomic E-state index is 12.8. The molecular formula is C10H14Cl2FN3O. The molecule has 1 amide bonds. The Kier molecular flexibility index (Phi) is 6.37. The van der Waals surface area contributed by atoms with Crippen LogP contribution in [0.25, 0.3) is 0 Å². The Hall–Kier alpha value is -0.910. The van der Waals surface area contributed by atoms with E-state index >= 15 is 0 Å². The highest BCUT2D eigenvalue weighted by Gasteiger charge is 2.24. The molecule has 1 saturated heterocycles. The normalized spacial score (nSPS) is 18.2. The zero-order valence-electron chi connectivity index (χ0n) is 9.01. The van der Waals surface area contributed by atoms with E-state index in [1.54, 1.807) is 4.90 Å². The second-order valence-electron chi connectivity index (χ2n) is 3.69. The quantitative estimate of drug-likeness (QED) is 0.843. The minimum atomic E-state index is -0.496. The van der Waals surface area contributed by atoms with Crippen LogP contribution in [0.2, 0.25) is 0 Å². The lowest BCUT2D eigenvalue weighted by molar-refractivity contribution is 0.0790. The van der Waals surface area contributed by atoms with Crippen molar-refractivity contribution in [3.05, 3.63) is 29.8 Å². The summed E-state index contributed by atoms with van der Waals surface area (Å²) in [5.41, 5.74) is 5.97. The van der Waals surface area contributed by atoms with Gasteiger partial charge in [-0.15, -0.1) is 24.8 Å². The van der Waals surface area contributed by atoms with Gasteiger partial charge in [0.15, 0.2) is 0 Å². The van der Waals surface area contributed by atoms with Crippen molar-refractivity contribution < 1.29 is 9.18 Å². The molecule has 0 radical (unpaired) electrons. The molecule has 2 heterocycles. The molecule has 17 heavy (non-hydrogen) atoms. The number of pyridine rings is 1. The first-order chi connectivity index (χ1) is 7.16. The zero-order valence-corrected chi connectivity index (χ0v) is 10.6. The van der Waals surface area contributed by atoms with Crippen LogP contribution in [0.5, 0.6) is 0 Å². The van der Waals surface area contributed by atoms with Crippen molar-refractivity contribution in [1.82, 2.24) is 9.88 Å². The second-order valence-corrected chi connectivity index (χ2v) is 3.69. The molecule has 7 heteroatoms. The van der Waals surface area contributed by atoms with Gasteiger partial charge >= 0.3 is 0 Å².